The molecule has 2 aromatic carbocycles. The van der Waals surface area contributed by atoms with Crippen LogP contribution in [0, 0.1) is 11.3 Å². The first-order chi connectivity index (χ1) is 13.6. The van der Waals surface area contributed by atoms with Crippen LogP contribution in [0.15, 0.2) is 60.9 Å². The SMILES string of the molecule is N#Cc1ccc(COc2ccc3c(c2)OC(c2ccncc2N)CC3=O)cc1. The van der Waals surface area contributed by atoms with Crippen molar-refractivity contribution in [3.8, 4) is 17.6 Å². The fraction of sp³-hybridized carbons (Fsp3) is 0.136. The standard InChI is InChI=1S/C22H17N3O3/c23-11-14-1-3-15(4-2-14)13-27-16-5-6-18-20(26)10-22(28-21(18)9-16)17-7-8-25-12-19(17)24/h1-9,12,22H,10,13,24H2. The van der Waals surface area contributed by atoms with Crippen LogP contribution >= 0.6 is 0 Å². The number of nitrogens with zero attached hydrogens (tertiary/aromatic N) is 2. The molecule has 0 fully saturated rings. The van der Waals surface area contributed by atoms with Gasteiger partial charge in [0.2, 0.25) is 0 Å². The van der Waals surface area contributed by atoms with Gasteiger partial charge in [-0.3, -0.25) is 9.78 Å². The number of nitrogens with two attached hydrogens (primary N) is 1. The molecule has 0 amide bonds. The van der Waals surface area contributed by atoms with Crippen molar-refractivity contribution in [2.24, 2.45) is 0 Å². The molecule has 4 rings (SSSR count). The second-order valence-corrected chi connectivity index (χ2v) is 6.49. The summed E-state index contributed by atoms with van der Waals surface area (Å²) in [5.74, 6) is 1.08. The number of carbonyl (C=O) groups is 1. The van der Waals surface area contributed by atoms with Crippen LogP contribution in [-0.2, 0) is 6.61 Å². The first-order valence-corrected chi connectivity index (χ1v) is 8.79. The lowest BCUT2D eigenvalue weighted by molar-refractivity contribution is 0.0850. The van der Waals surface area contributed by atoms with E-state index < -0.39 is 6.10 Å². The highest BCUT2D eigenvalue weighted by Crippen LogP contribution is 2.38. The number of ether oxygens (including phenoxy) is 2. The minimum Gasteiger partial charge on any atom is -0.489 e. The number of benzene rings is 2. The van der Waals surface area contributed by atoms with Gasteiger partial charge in [0.1, 0.15) is 24.2 Å². The summed E-state index contributed by atoms with van der Waals surface area (Å²) < 4.78 is 11.9. The lowest BCUT2D eigenvalue weighted by Crippen LogP contribution is -2.21. The van der Waals surface area contributed by atoms with Gasteiger partial charge in [-0.2, -0.15) is 5.26 Å². The third-order valence-corrected chi connectivity index (χ3v) is 4.62. The molecule has 0 saturated carbocycles. The molecule has 6 heteroatoms. The van der Waals surface area contributed by atoms with Crippen LogP contribution in [0.2, 0.25) is 0 Å². The fourth-order valence-corrected chi connectivity index (χ4v) is 3.12. The van der Waals surface area contributed by atoms with Crippen molar-refractivity contribution >= 4 is 11.5 Å². The van der Waals surface area contributed by atoms with E-state index in [2.05, 4.69) is 11.1 Å². The molecule has 0 spiro atoms. The van der Waals surface area contributed by atoms with Gasteiger partial charge in [-0.25, -0.2) is 0 Å². The molecule has 1 aromatic heterocycles. The quantitative estimate of drug-likeness (QED) is 0.748. The van der Waals surface area contributed by atoms with Gasteiger partial charge in [-0.1, -0.05) is 12.1 Å². The summed E-state index contributed by atoms with van der Waals surface area (Å²) in [4.78, 5) is 16.5. The fourth-order valence-electron chi connectivity index (χ4n) is 3.12. The Labute approximate surface area is 162 Å². The van der Waals surface area contributed by atoms with Gasteiger partial charge in [-0.05, 0) is 35.9 Å². The molecule has 0 saturated heterocycles. The van der Waals surface area contributed by atoms with E-state index in [4.69, 9.17) is 20.5 Å². The Morgan fingerprint density at radius 1 is 1.21 bits per heavy atom. The molecule has 28 heavy (non-hydrogen) atoms. The summed E-state index contributed by atoms with van der Waals surface area (Å²) >= 11 is 0. The van der Waals surface area contributed by atoms with Gasteiger partial charge in [0, 0.05) is 17.8 Å². The Hall–Kier alpha value is -3.85. The number of anilines is 1. The zero-order valence-electron chi connectivity index (χ0n) is 15.0. The summed E-state index contributed by atoms with van der Waals surface area (Å²) in [7, 11) is 0. The normalized spacial score (nSPS) is 15.2. The number of fused-ring (bicyclic) bond motifs is 1. The van der Waals surface area contributed by atoms with Gasteiger partial charge < -0.3 is 15.2 Å². The van der Waals surface area contributed by atoms with Crippen molar-refractivity contribution < 1.29 is 14.3 Å². The van der Waals surface area contributed by atoms with E-state index in [1.807, 2.05) is 12.1 Å². The maximum Gasteiger partial charge on any atom is 0.170 e. The third kappa shape index (κ3) is 3.51. The molecule has 1 aliphatic heterocycles. The number of aromatic nitrogens is 1. The molecular formula is C22H17N3O3. The van der Waals surface area contributed by atoms with Gasteiger partial charge in [0.15, 0.2) is 5.78 Å². The zero-order valence-corrected chi connectivity index (χ0v) is 15.0. The Balaban J connectivity index is 1.52. The summed E-state index contributed by atoms with van der Waals surface area (Å²) in [5, 5.41) is 8.86. The molecule has 138 valence electrons. The lowest BCUT2D eigenvalue weighted by atomic mass is 9.96. The van der Waals surface area contributed by atoms with E-state index in [0.29, 0.717) is 34.9 Å². The molecule has 0 bridgehead atoms. The molecule has 6 nitrogen and oxygen atoms in total. The van der Waals surface area contributed by atoms with Crippen molar-refractivity contribution in [1.29, 1.82) is 5.26 Å². The lowest BCUT2D eigenvalue weighted by Gasteiger charge is -2.26. The average Bonchev–Trinajstić information content (AvgIpc) is 2.72. The Morgan fingerprint density at radius 3 is 2.79 bits per heavy atom. The predicted molar refractivity (Wildman–Crippen MR) is 103 cm³/mol. The number of hydrogen-bond acceptors (Lipinski definition) is 6. The van der Waals surface area contributed by atoms with Gasteiger partial charge >= 0.3 is 0 Å². The Bertz CT molecular complexity index is 1070. The van der Waals surface area contributed by atoms with Crippen molar-refractivity contribution in [1.82, 2.24) is 4.98 Å². The number of hydrogen-bond donors (Lipinski definition) is 1. The van der Waals surface area contributed by atoms with E-state index in [9.17, 15) is 4.79 Å². The first kappa shape index (κ1) is 17.6. The summed E-state index contributed by atoms with van der Waals surface area (Å²) in [5.41, 5.74) is 9.31. The summed E-state index contributed by atoms with van der Waals surface area (Å²) in [6, 6.07) is 16.2. The second kappa shape index (κ2) is 7.41. The zero-order chi connectivity index (χ0) is 19.5. The number of ketones is 1. The van der Waals surface area contributed by atoms with Crippen molar-refractivity contribution in [2.45, 2.75) is 19.1 Å². The number of nitriles is 1. The van der Waals surface area contributed by atoms with E-state index in [1.165, 1.54) is 0 Å². The van der Waals surface area contributed by atoms with E-state index in [1.54, 1.807) is 48.8 Å². The largest absolute Gasteiger partial charge is 0.489 e. The monoisotopic (exact) mass is 371 g/mol. The molecule has 2 heterocycles. The van der Waals surface area contributed by atoms with Crippen molar-refractivity contribution in [3.63, 3.8) is 0 Å². The maximum absolute atomic E-state index is 12.5. The molecule has 0 radical (unpaired) electrons. The molecular weight excluding hydrogens is 354 g/mol. The first-order valence-electron chi connectivity index (χ1n) is 8.79. The van der Waals surface area contributed by atoms with Gasteiger partial charge in [0.05, 0.1) is 35.5 Å². The predicted octanol–water partition coefficient (Wildman–Crippen LogP) is 3.82. The molecule has 3 aromatic rings. The number of nitrogen functional groups attached to an aromatic ring is 1. The van der Waals surface area contributed by atoms with E-state index >= 15 is 0 Å². The van der Waals surface area contributed by atoms with Crippen molar-refractivity contribution in [3.05, 3.63) is 83.2 Å². The van der Waals surface area contributed by atoms with Crippen LogP contribution in [-0.4, -0.2) is 10.8 Å². The maximum atomic E-state index is 12.5. The highest BCUT2D eigenvalue weighted by molar-refractivity contribution is 6.00. The minimum absolute atomic E-state index is 0.00102. The molecule has 1 unspecified atom stereocenters. The van der Waals surface area contributed by atoms with Crippen LogP contribution in [0.5, 0.6) is 11.5 Å². The number of pyridine rings is 1. The minimum atomic E-state index is -0.447. The van der Waals surface area contributed by atoms with Crippen LogP contribution < -0.4 is 15.2 Å². The van der Waals surface area contributed by atoms with Crippen LogP contribution in [0.25, 0.3) is 0 Å². The third-order valence-electron chi connectivity index (χ3n) is 4.62. The highest BCUT2D eigenvalue weighted by atomic mass is 16.5. The van der Waals surface area contributed by atoms with Crippen molar-refractivity contribution in [2.75, 3.05) is 5.73 Å². The topological polar surface area (TPSA) is 98.2 Å². The average molecular weight is 371 g/mol. The highest BCUT2D eigenvalue weighted by Gasteiger charge is 2.29. The van der Waals surface area contributed by atoms with E-state index in [0.717, 1.165) is 11.1 Å². The molecule has 2 N–H and O–H groups in total. The van der Waals surface area contributed by atoms with Crippen LogP contribution in [0.4, 0.5) is 5.69 Å². The second-order valence-electron chi connectivity index (χ2n) is 6.49. The molecule has 1 aliphatic rings. The summed E-state index contributed by atoms with van der Waals surface area (Å²) in [6.45, 7) is 0.346. The van der Waals surface area contributed by atoms with Crippen LogP contribution in [0.1, 0.15) is 39.6 Å². The summed E-state index contributed by atoms with van der Waals surface area (Å²) in [6.07, 6.45) is 2.96. The van der Waals surface area contributed by atoms with Gasteiger partial charge in [0.25, 0.3) is 0 Å². The number of carbonyl (C=O) groups excluding carboxylic acids is 1. The van der Waals surface area contributed by atoms with E-state index in [-0.39, 0.29) is 12.2 Å². The number of Topliss-reactive ketones (excluding diaryl/α,β-unsaturated/α-hetero) is 1. The smallest absolute Gasteiger partial charge is 0.170 e. The Morgan fingerprint density at radius 2 is 2.04 bits per heavy atom. The van der Waals surface area contributed by atoms with Gasteiger partial charge in [-0.15, -0.1) is 0 Å². The molecule has 1 atom stereocenters. The van der Waals surface area contributed by atoms with Crippen LogP contribution in [0.3, 0.4) is 0 Å². The Kier molecular flexibility index (Phi) is 4.65. The molecule has 0 aliphatic carbocycles. The number of rotatable bonds is 4.